The maximum Gasteiger partial charge on any atom is 0.242 e. The Morgan fingerprint density at radius 3 is 2.44 bits per heavy atom. The van der Waals surface area contributed by atoms with Crippen LogP contribution in [0, 0.1) is 0 Å². The average Bonchev–Trinajstić information content (AvgIpc) is 2.37. The minimum Gasteiger partial charge on any atom is -0.389 e. The van der Waals surface area contributed by atoms with E-state index < -0.39 is 15.6 Å². The van der Waals surface area contributed by atoms with Crippen molar-refractivity contribution >= 4 is 21.6 Å². The molecule has 0 fully saturated rings. The molecule has 0 bridgehead atoms. The first-order chi connectivity index (χ1) is 8.33. The van der Waals surface area contributed by atoms with Gasteiger partial charge in [0.15, 0.2) is 0 Å². The normalized spacial score (nSPS) is 12.7. The highest BCUT2D eigenvalue weighted by Crippen LogP contribution is 2.15. The van der Waals surface area contributed by atoms with Gasteiger partial charge in [-0.2, -0.15) is 0 Å². The molecule has 1 aromatic rings. The number of nitrogens with one attached hydrogen (secondary N) is 1. The van der Waals surface area contributed by atoms with E-state index in [0.29, 0.717) is 12.8 Å². The second-order valence-corrected chi connectivity index (χ2v) is 6.23. The van der Waals surface area contributed by atoms with Crippen LogP contribution < -0.4 is 4.72 Å². The fourth-order valence-electron chi connectivity index (χ4n) is 1.33. The molecule has 0 aromatic carbocycles. The van der Waals surface area contributed by atoms with Crippen molar-refractivity contribution in [3.63, 3.8) is 0 Å². The van der Waals surface area contributed by atoms with Crippen molar-refractivity contribution in [3.05, 3.63) is 23.5 Å². The van der Waals surface area contributed by atoms with Crippen LogP contribution in [0.15, 0.2) is 23.2 Å². The predicted octanol–water partition coefficient (Wildman–Crippen LogP) is 1.56. The van der Waals surface area contributed by atoms with E-state index in [1.54, 1.807) is 0 Å². The van der Waals surface area contributed by atoms with Crippen LogP contribution in [0.1, 0.15) is 26.7 Å². The summed E-state index contributed by atoms with van der Waals surface area (Å²) >= 11 is 5.59. The van der Waals surface area contributed by atoms with Gasteiger partial charge in [0, 0.05) is 12.7 Å². The van der Waals surface area contributed by atoms with Crippen molar-refractivity contribution in [1.29, 1.82) is 0 Å². The molecule has 2 N–H and O–H groups in total. The molecule has 0 saturated heterocycles. The zero-order chi connectivity index (χ0) is 13.8. The van der Waals surface area contributed by atoms with Crippen molar-refractivity contribution in [2.24, 2.45) is 0 Å². The fourth-order valence-corrected chi connectivity index (χ4v) is 2.51. The second-order valence-electron chi connectivity index (χ2n) is 4.07. The van der Waals surface area contributed by atoms with Gasteiger partial charge in [-0.05, 0) is 25.0 Å². The number of nitrogens with zero attached hydrogens (tertiary/aromatic N) is 1. The third kappa shape index (κ3) is 3.91. The molecular formula is C11H17ClN2O3S. The fraction of sp³-hybridized carbons (Fsp3) is 0.545. The highest BCUT2D eigenvalue weighted by atomic mass is 35.5. The number of rotatable bonds is 6. The monoisotopic (exact) mass is 292 g/mol. The second kappa shape index (κ2) is 5.97. The van der Waals surface area contributed by atoms with E-state index in [9.17, 15) is 13.5 Å². The first-order valence-electron chi connectivity index (χ1n) is 5.66. The summed E-state index contributed by atoms with van der Waals surface area (Å²) in [4.78, 5) is 3.74. The summed E-state index contributed by atoms with van der Waals surface area (Å²) in [5, 5.41) is 10.2. The molecule has 0 spiro atoms. The van der Waals surface area contributed by atoms with E-state index in [1.165, 1.54) is 18.3 Å². The van der Waals surface area contributed by atoms with E-state index in [2.05, 4.69) is 9.71 Å². The summed E-state index contributed by atoms with van der Waals surface area (Å²) in [7, 11) is -3.66. The van der Waals surface area contributed by atoms with Gasteiger partial charge in [0.05, 0.1) is 5.60 Å². The highest BCUT2D eigenvalue weighted by Gasteiger charge is 2.25. The molecule has 0 amide bonds. The smallest absolute Gasteiger partial charge is 0.242 e. The minimum atomic E-state index is -3.66. The van der Waals surface area contributed by atoms with Crippen LogP contribution in [0.25, 0.3) is 0 Å². The predicted molar refractivity (Wildman–Crippen MR) is 70.0 cm³/mol. The van der Waals surface area contributed by atoms with Gasteiger partial charge in [0.1, 0.15) is 10.0 Å². The average molecular weight is 293 g/mol. The van der Waals surface area contributed by atoms with E-state index in [-0.39, 0.29) is 16.6 Å². The molecule has 18 heavy (non-hydrogen) atoms. The van der Waals surface area contributed by atoms with Gasteiger partial charge in [0.25, 0.3) is 0 Å². The number of aliphatic hydroxyl groups is 1. The zero-order valence-electron chi connectivity index (χ0n) is 10.4. The van der Waals surface area contributed by atoms with Crippen LogP contribution in [0.5, 0.6) is 0 Å². The molecule has 102 valence electrons. The summed E-state index contributed by atoms with van der Waals surface area (Å²) in [6.07, 6.45) is 2.14. The molecule has 7 heteroatoms. The number of hydrogen-bond acceptors (Lipinski definition) is 4. The Balaban J connectivity index is 2.80. The largest absolute Gasteiger partial charge is 0.389 e. The summed E-state index contributed by atoms with van der Waals surface area (Å²) < 4.78 is 26.2. The number of aromatic nitrogens is 1. The van der Waals surface area contributed by atoms with E-state index in [0.717, 1.165) is 0 Å². The van der Waals surface area contributed by atoms with Gasteiger partial charge in [-0.15, -0.1) is 0 Å². The van der Waals surface area contributed by atoms with Gasteiger partial charge < -0.3 is 5.11 Å². The number of hydrogen-bond donors (Lipinski definition) is 2. The van der Waals surface area contributed by atoms with Gasteiger partial charge >= 0.3 is 0 Å². The Kier molecular flexibility index (Phi) is 5.10. The third-order valence-corrected chi connectivity index (χ3v) is 4.53. The van der Waals surface area contributed by atoms with Crippen LogP contribution in [-0.2, 0) is 10.0 Å². The zero-order valence-corrected chi connectivity index (χ0v) is 11.9. The molecule has 0 radical (unpaired) electrons. The first kappa shape index (κ1) is 15.4. The Hall–Kier alpha value is -0.690. The van der Waals surface area contributed by atoms with Crippen molar-refractivity contribution in [1.82, 2.24) is 9.71 Å². The topological polar surface area (TPSA) is 79.3 Å². The number of halogens is 1. The van der Waals surface area contributed by atoms with E-state index >= 15 is 0 Å². The SMILES string of the molecule is CCC(O)(CC)CNS(=O)(=O)c1ccc(Cl)nc1. The molecule has 0 atom stereocenters. The standard InChI is InChI=1S/C11H17ClN2O3S/c1-3-11(15,4-2)8-14-18(16,17)9-5-6-10(12)13-7-9/h5-7,14-15H,3-4,8H2,1-2H3. The highest BCUT2D eigenvalue weighted by molar-refractivity contribution is 7.89. The van der Waals surface area contributed by atoms with Gasteiger partial charge in [-0.1, -0.05) is 25.4 Å². The maximum absolute atomic E-state index is 11.9. The Labute approximate surface area is 112 Å². The van der Waals surface area contributed by atoms with Crippen LogP contribution >= 0.6 is 11.6 Å². The van der Waals surface area contributed by atoms with Crippen molar-refractivity contribution in [2.75, 3.05) is 6.54 Å². The summed E-state index contributed by atoms with van der Waals surface area (Å²) in [6, 6.07) is 2.77. The maximum atomic E-state index is 11.9. The minimum absolute atomic E-state index is 0.0229. The summed E-state index contributed by atoms with van der Waals surface area (Å²) in [5.41, 5.74) is -1.02. The molecule has 0 aliphatic heterocycles. The van der Waals surface area contributed by atoms with Crippen molar-refractivity contribution < 1.29 is 13.5 Å². The number of sulfonamides is 1. The van der Waals surface area contributed by atoms with Crippen LogP contribution in [0.2, 0.25) is 5.15 Å². The lowest BCUT2D eigenvalue weighted by Crippen LogP contribution is -2.41. The Bertz CT molecular complexity index is 484. The van der Waals surface area contributed by atoms with Gasteiger partial charge in [-0.25, -0.2) is 18.1 Å². The lowest BCUT2D eigenvalue weighted by molar-refractivity contribution is 0.0377. The molecule has 0 aliphatic carbocycles. The molecule has 1 aromatic heterocycles. The molecule has 0 saturated carbocycles. The molecule has 0 aliphatic rings. The number of pyridine rings is 1. The lowest BCUT2D eigenvalue weighted by Gasteiger charge is -2.25. The van der Waals surface area contributed by atoms with Crippen molar-refractivity contribution in [2.45, 2.75) is 37.2 Å². The van der Waals surface area contributed by atoms with Gasteiger partial charge in [-0.3, -0.25) is 0 Å². The van der Waals surface area contributed by atoms with Crippen LogP contribution in [-0.4, -0.2) is 30.7 Å². The molecular weight excluding hydrogens is 276 g/mol. The van der Waals surface area contributed by atoms with E-state index in [4.69, 9.17) is 11.6 Å². The molecule has 1 rings (SSSR count). The quantitative estimate of drug-likeness (QED) is 0.780. The first-order valence-corrected chi connectivity index (χ1v) is 7.52. The Morgan fingerprint density at radius 2 is 2.00 bits per heavy atom. The van der Waals surface area contributed by atoms with E-state index in [1.807, 2.05) is 13.8 Å². The Morgan fingerprint density at radius 1 is 1.39 bits per heavy atom. The summed E-state index contributed by atoms with van der Waals surface area (Å²) in [5.74, 6) is 0. The van der Waals surface area contributed by atoms with Gasteiger partial charge in [0.2, 0.25) is 10.0 Å². The lowest BCUT2D eigenvalue weighted by atomic mass is 9.98. The molecule has 0 unspecified atom stereocenters. The molecule has 5 nitrogen and oxygen atoms in total. The van der Waals surface area contributed by atoms with Crippen LogP contribution in [0.3, 0.4) is 0 Å². The molecule has 1 heterocycles. The third-order valence-electron chi connectivity index (χ3n) is 2.92. The van der Waals surface area contributed by atoms with Crippen molar-refractivity contribution in [3.8, 4) is 0 Å². The van der Waals surface area contributed by atoms with Crippen LogP contribution in [0.4, 0.5) is 0 Å². The summed E-state index contributed by atoms with van der Waals surface area (Å²) in [6.45, 7) is 3.59.